The molecule has 0 N–H and O–H groups in total. The number of hydrogen-bond acceptors (Lipinski definition) is 2. The lowest BCUT2D eigenvalue weighted by atomic mass is 10.1. The van der Waals surface area contributed by atoms with Crippen LogP contribution in [0.4, 0.5) is 0 Å². The molecule has 0 saturated heterocycles. The molecule has 0 saturated carbocycles. The molecule has 1 rings (SSSR count). The first-order valence-corrected chi connectivity index (χ1v) is 6.20. The molecular weight excluding hydrogens is 212 g/mol. The van der Waals surface area contributed by atoms with E-state index in [9.17, 15) is 4.79 Å². The first-order valence-electron chi connectivity index (χ1n) is 6.20. The Bertz CT molecular complexity index is 363. The smallest absolute Gasteiger partial charge is 0.330 e. The number of carbonyl (C=O) groups is 1. The minimum atomic E-state index is -0.289. The third kappa shape index (κ3) is 5.34. The van der Waals surface area contributed by atoms with E-state index in [1.165, 1.54) is 24.5 Å². The molecule has 2 heteroatoms. The van der Waals surface area contributed by atoms with Gasteiger partial charge in [-0.2, -0.15) is 0 Å². The van der Waals surface area contributed by atoms with Crippen molar-refractivity contribution >= 4 is 12.0 Å². The molecule has 0 atom stereocenters. The van der Waals surface area contributed by atoms with Crippen LogP contribution in [0.2, 0.25) is 0 Å². The molecule has 1 aromatic carbocycles. The average Bonchev–Trinajstić information content (AvgIpc) is 2.35. The average molecular weight is 232 g/mol. The van der Waals surface area contributed by atoms with Gasteiger partial charge >= 0.3 is 5.97 Å². The molecule has 0 fully saturated rings. The van der Waals surface area contributed by atoms with E-state index in [0.29, 0.717) is 6.61 Å². The topological polar surface area (TPSA) is 26.3 Å². The maximum absolute atomic E-state index is 11.1. The van der Waals surface area contributed by atoms with Gasteiger partial charge < -0.3 is 4.74 Å². The van der Waals surface area contributed by atoms with Gasteiger partial charge in [-0.1, -0.05) is 37.6 Å². The molecular formula is C15H20O2. The zero-order chi connectivity index (χ0) is 12.5. The van der Waals surface area contributed by atoms with Gasteiger partial charge in [-0.25, -0.2) is 4.79 Å². The Morgan fingerprint density at radius 2 is 1.94 bits per heavy atom. The van der Waals surface area contributed by atoms with Gasteiger partial charge in [0.05, 0.1) is 6.61 Å². The lowest BCUT2D eigenvalue weighted by Gasteiger charge is -2.00. The number of rotatable bonds is 6. The monoisotopic (exact) mass is 232 g/mol. The summed E-state index contributed by atoms with van der Waals surface area (Å²) in [6.07, 6.45) is 6.80. The van der Waals surface area contributed by atoms with Crippen LogP contribution < -0.4 is 0 Å². The van der Waals surface area contributed by atoms with Crippen molar-refractivity contribution in [2.45, 2.75) is 33.1 Å². The second-order valence-electron chi connectivity index (χ2n) is 3.93. The number of benzene rings is 1. The van der Waals surface area contributed by atoms with Crippen molar-refractivity contribution in [3.63, 3.8) is 0 Å². The van der Waals surface area contributed by atoms with Crippen LogP contribution in [0.25, 0.3) is 6.08 Å². The number of unbranched alkanes of at least 4 members (excludes halogenated alkanes) is 1. The quantitative estimate of drug-likeness (QED) is 0.553. The molecule has 0 aliphatic carbocycles. The van der Waals surface area contributed by atoms with E-state index in [-0.39, 0.29) is 5.97 Å². The van der Waals surface area contributed by atoms with Gasteiger partial charge in [0.25, 0.3) is 0 Å². The number of ether oxygens (including phenoxy) is 1. The summed E-state index contributed by atoms with van der Waals surface area (Å²) >= 11 is 0. The standard InChI is InChI=1S/C15H20O2/c1-3-5-6-13-7-9-14(10-8-13)11-12-15(16)17-4-2/h7-12H,3-6H2,1-2H3. The Morgan fingerprint density at radius 3 is 2.53 bits per heavy atom. The summed E-state index contributed by atoms with van der Waals surface area (Å²) in [6, 6.07) is 8.28. The molecule has 0 unspecified atom stereocenters. The van der Waals surface area contributed by atoms with Crippen molar-refractivity contribution in [1.82, 2.24) is 0 Å². The van der Waals surface area contributed by atoms with Crippen LogP contribution in [-0.4, -0.2) is 12.6 Å². The molecule has 1 aromatic rings. The van der Waals surface area contributed by atoms with E-state index in [0.717, 1.165) is 12.0 Å². The van der Waals surface area contributed by atoms with Crippen LogP contribution in [0, 0.1) is 0 Å². The summed E-state index contributed by atoms with van der Waals surface area (Å²) in [5.41, 5.74) is 2.37. The summed E-state index contributed by atoms with van der Waals surface area (Å²) < 4.78 is 4.81. The summed E-state index contributed by atoms with van der Waals surface area (Å²) in [4.78, 5) is 11.1. The van der Waals surface area contributed by atoms with Gasteiger partial charge in [-0.05, 0) is 37.0 Å². The van der Waals surface area contributed by atoms with Gasteiger partial charge in [-0.3, -0.25) is 0 Å². The summed E-state index contributed by atoms with van der Waals surface area (Å²) in [6.45, 7) is 4.41. The normalized spacial score (nSPS) is 10.7. The third-order valence-corrected chi connectivity index (χ3v) is 2.50. The van der Waals surface area contributed by atoms with Crippen molar-refractivity contribution in [3.05, 3.63) is 41.5 Å². The van der Waals surface area contributed by atoms with Gasteiger partial charge in [0.1, 0.15) is 0 Å². The SMILES string of the molecule is CCCCc1ccc(C=CC(=O)OCC)cc1. The number of carbonyl (C=O) groups excluding carboxylic acids is 1. The molecule has 0 bridgehead atoms. The van der Waals surface area contributed by atoms with E-state index in [2.05, 4.69) is 19.1 Å². The van der Waals surface area contributed by atoms with Crippen LogP contribution in [0.3, 0.4) is 0 Å². The zero-order valence-corrected chi connectivity index (χ0v) is 10.6. The first kappa shape index (κ1) is 13.5. The van der Waals surface area contributed by atoms with Crippen molar-refractivity contribution in [2.75, 3.05) is 6.61 Å². The molecule has 0 spiro atoms. The summed E-state index contributed by atoms with van der Waals surface area (Å²) in [5, 5.41) is 0. The van der Waals surface area contributed by atoms with Crippen LogP contribution >= 0.6 is 0 Å². The predicted molar refractivity (Wildman–Crippen MR) is 70.7 cm³/mol. The Morgan fingerprint density at radius 1 is 1.24 bits per heavy atom. The number of aryl methyl sites for hydroxylation is 1. The Labute approximate surface area is 103 Å². The summed E-state index contributed by atoms with van der Waals surface area (Å²) in [5.74, 6) is -0.289. The lowest BCUT2D eigenvalue weighted by molar-refractivity contribution is -0.137. The van der Waals surface area contributed by atoms with Gasteiger partial charge in [0.15, 0.2) is 0 Å². The highest BCUT2D eigenvalue weighted by Crippen LogP contribution is 2.09. The molecule has 0 aliphatic heterocycles. The van der Waals surface area contributed by atoms with E-state index < -0.39 is 0 Å². The van der Waals surface area contributed by atoms with Crippen LogP contribution in [0.15, 0.2) is 30.3 Å². The highest BCUT2D eigenvalue weighted by molar-refractivity contribution is 5.86. The maximum Gasteiger partial charge on any atom is 0.330 e. The molecule has 0 heterocycles. The number of hydrogen-bond donors (Lipinski definition) is 0. The fourth-order valence-corrected chi connectivity index (χ4v) is 1.53. The van der Waals surface area contributed by atoms with Crippen LogP contribution in [0.5, 0.6) is 0 Å². The Hall–Kier alpha value is -1.57. The Balaban J connectivity index is 2.53. The third-order valence-electron chi connectivity index (χ3n) is 2.50. The maximum atomic E-state index is 11.1. The fourth-order valence-electron chi connectivity index (χ4n) is 1.53. The molecule has 0 amide bonds. The van der Waals surface area contributed by atoms with Gasteiger partial charge in [0.2, 0.25) is 0 Å². The predicted octanol–water partition coefficient (Wildman–Crippen LogP) is 3.61. The van der Waals surface area contributed by atoms with E-state index in [1.807, 2.05) is 12.1 Å². The van der Waals surface area contributed by atoms with E-state index >= 15 is 0 Å². The van der Waals surface area contributed by atoms with E-state index in [1.54, 1.807) is 13.0 Å². The minimum Gasteiger partial charge on any atom is -0.463 e. The largest absolute Gasteiger partial charge is 0.463 e. The summed E-state index contributed by atoms with van der Waals surface area (Å²) in [7, 11) is 0. The zero-order valence-electron chi connectivity index (χ0n) is 10.6. The molecule has 92 valence electrons. The van der Waals surface area contributed by atoms with Gasteiger partial charge in [0, 0.05) is 6.08 Å². The molecule has 17 heavy (non-hydrogen) atoms. The number of esters is 1. The molecule has 0 aromatic heterocycles. The van der Waals surface area contributed by atoms with Crippen LogP contribution in [-0.2, 0) is 16.0 Å². The fraction of sp³-hybridized carbons (Fsp3) is 0.400. The van der Waals surface area contributed by atoms with E-state index in [4.69, 9.17) is 4.74 Å². The lowest BCUT2D eigenvalue weighted by Crippen LogP contribution is -1.98. The highest BCUT2D eigenvalue weighted by atomic mass is 16.5. The minimum absolute atomic E-state index is 0.289. The van der Waals surface area contributed by atoms with Gasteiger partial charge in [-0.15, -0.1) is 0 Å². The molecule has 0 aliphatic rings. The second kappa shape index (κ2) is 7.66. The van der Waals surface area contributed by atoms with Crippen molar-refractivity contribution in [1.29, 1.82) is 0 Å². The van der Waals surface area contributed by atoms with Crippen molar-refractivity contribution in [2.24, 2.45) is 0 Å². The second-order valence-corrected chi connectivity index (χ2v) is 3.93. The van der Waals surface area contributed by atoms with Crippen LogP contribution in [0.1, 0.15) is 37.8 Å². The first-order chi connectivity index (χ1) is 8.26. The van der Waals surface area contributed by atoms with Crippen molar-refractivity contribution in [3.8, 4) is 0 Å². The molecule has 0 radical (unpaired) electrons. The van der Waals surface area contributed by atoms with Crippen molar-refractivity contribution < 1.29 is 9.53 Å². The highest BCUT2D eigenvalue weighted by Gasteiger charge is 1.95. The molecule has 2 nitrogen and oxygen atoms in total. The Kier molecular flexibility index (Phi) is 6.08.